The zero-order valence-corrected chi connectivity index (χ0v) is 12.5. The van der Waals surface area contributed by atoms with Gasteiger partial charge >= 0.3 is 0 Å². The van der Waals surface area contributed by atoms with Crippen LogP contribution in [0.2, 0.25) is 0 Å². The molecule has 1 rings (SSSR count). The molecule has 1 aliphatic carbocycles. The molecule has 0 aromatic rings. The highest BCUT2D eigenvalue weighted by molar-refractivity contribution is 4.96. The number of hydrogen-bond donors (Lipinski definition) is 1. The van der Waals surface area contributed by atoms with Gasteiger partial charge in [-0.05, 0) is 37.6 Å². The number of nitrogens with zero attached hydrogens (tertiary/aromatic N) is 1. The van der Waals surface area contributed by atoms with Crippen LogP contribution in [0.25, 0.3) is 0 Å². The van der Waals surface area contributed by atoms with E-state index in [9.17, 15) is 0 Å². The molecule has 2 unspecified atom stereocenters. The first kappa shape index (κ1) is 15.0. The molecule has 1 saturated carbocycles. The lowest BCUT2D eigenvalue weighted by Gasteiger charge is -2.48. The van der Waals surface area contributed by atoms with Crippen molar-refractivity contribution in [3.8, 4) is 0 Å². The van der Waals surface area contributed by atoms with Crippen LogP contribution in [-0.4, -0.2) is 30.6 Å². The monoisotopic (exact) mass is 240 g/mol. The van der Waals surface area contributed by atoms with Crippen LogP contribution >= 0.6 is 0 Å². The fraction of sp³-hybridized carbons (Fsp3) is 1.00. The van der Waals surface area contributed by atoms with Gasteiger partial charge in [-0.2, -0.15) is 0 Å². The molecule has 102 valence electrons. The van der Waals surface area contributed by atoms with E-state index in [-0.39, 0.29) is 5.54 Å². The Morgan fingerprint density at radius 3 is 2.41 bits per heavy atom. The maximum atomic E-state index is 6.14. The quantitative estimate of drug-likeness (QED) is 0.800. The second-order valence-electron chi connectivity index (χ2n) is 6.80. The highest BCUT2D eigenvalue weighted by Gasteiger charge is 2.39. The Hall–Kier alpha value is -0.0800. The van der Waals surface area contributed by atoms with Crippen LogP contribution < -0.4 is 5.73 Å². The second kappa shape index (κ2) is 6.19. The highest BCUT2D eigenvalue weighted by Crippen LogP contribution is 2.39. The van der Waals surface area contributed by atoms with Crippen LogP contribution in [0.5, 0.6) is 0 Å². The van der Waals surface area contributed by atoms with E-state index in [1.165, 1.54) is 32.2 Å². The largest absolute Gasteiger partial charge is 0.329 e. The van der Waals surface area contributed by atoms with Gasteiger partial charge in [0.25, 0.3) is 0 Å². The van der Waals surface area contributed by atoms with Gasteiger partial charge in [0.15, 0.2) is 0 Å². The molecule has 0 heterocycles. The summed E-state index contributed by atoms with van der Waals surface area (Å²) in [7, 11) is 2.27. The molecule has 0 aromatic heterocycles. The first-order chi connectivity index (χ1) is 7.91. The van der Waals surface area contributed by atoms with Crippen LogP contribution in [-0.2, 0) is 0 Å². The first-order valence-corrected chi connectivity index (χ1v) is 7.32. The smallest absolute Gasteiger partial charge is 0.0331 e. The zero-order chi connectivity index (χ0) is 13.1. The Labute approximate surface area is 108 Å². The first-order valence-electron chi connectivity index (χ1n) is 7.32. The summed E-state index contributed by atoms with van der Waals surface area (Å²) in [5, 5.41) is 0. The van der Waals surface area contributed by atoms with Gasteiger partial charge in [0.05, 0.1) is 0 Å². The zero-order valence-electron chi connectivity index (χ0n) is 12.5. The summed E-state index contributed by atoms with van der Waals surface area (Å²) in [6.07, 6.45) is 5.33. The number of likely N-dealkylation sites (N-methyl/N-ethyl adjacent to an activating group) is 1. The lowest BCUT2D eigenvalue weighted by molar-refractivity contribution is 0.0375. The molecule has 0 radical (unpaired) electrons. The summed E-state index contributed by atoms with van der Waals surface area (Å²) in [5.74, 6) is 2.39. The van der Waals surface area contributed by atoms with Gasteiger partial charge in [-0.15, -0.1) is 0 Å². The van der Waals surface area contributed by atoms with Gasteiger partial charge in [-0.25, -0.2) is 0 Å². The summed E-state index contributed by atoms with van der Waals surface area (Å²) in [6, 6.07) is 0. The summed E-state index contributed by atoms with van der Waals surface area (Å²) in [5.41, 5.74) is 6.41. The van der Waals surface area contributed by atoms with Crippen molar-refractivity contribution in [3.63, 3.8) is 0 Å². The minimum absolute atomic E-state index is 0.275. The maximum absolute atomic E-state index is 6.14. The van der Waals surface area contributed by atoms with Crippen LogP contribution in [0, 0.1) is 17.8 Å². The third-order valence-corrected chi connectivity index (χ3v) is 4.63. The predicted octanol–water partition coefficient (Wildman–Crippen LogP) is 3.12. The molecule has 0 spiro atoms. The molecule has 2 nitrogen and oxygen atoms in total. The molecule has 1 fully saturated rings. The lowest BCUT2D eigenvalue weighted by Crippen LogP contribution is -2.56. The fourth-order valence-electron chi connectivity index (χ4n) is 3.38. The van der Waals surface area contributed by atoms with Crippen molar-refractivity contribution in [2.45, 2.75) is 58.9 Å². The molecule has 0 amide bonds. The normalized spacial score (nSPS) is 30.5. The Bertz CT molecular complexity index is 225. The van der Waals surface area contributed by atoms with Gasteiger partial charge in [-0.3, -0.25) is 4.90 Å². The van der Waals surface area contributed by atoms with Crippen molar-refractivity contribution in [1.82, 2.24) is 4.90 Å². The minimum Gasteiger partial charge on any atom is -0.329 e. The third-order valence-electron chi connectivity index (χ3n) is 4.63. The van der Waals surface area contributed by atoms with Gasteiger partial charge < -0.3 is 5.73 Å². The molecule has 2 N–H and O–H groups in total. The van der Waals surface area contributed by atoms with Crippen molar-refractivity contribution in [2.24, 2.45) is 23.5 Å². The predicted molar refractivity (Wildman–Crippen MR) is 76.0 cm³/mol. The van der Waals surface area contributed by atoms with E-state index < -0.39 is 0 Å². The molecular formula is C15H32N2. The molecular weight excluding hydrogens is 208 g/mol. The Balaban J connectivity index is 2.72. The van der Waals surface area contributed by atoms with Crippen molar-refractivity contribution in [1.29, 1.82) is 0 Å². The van der Waals surface area contributed by atoms with E-state index in [1.54, 1.807) is 0 Å². The Morgan fingerprint density at radius 2 is 1.94 bits per heavy atom. The Kier molecular flexibility index (Phi) is 5.46. The van der Waals surface area contributed by atoms with Gasteiger partial charge in [-0.1, -0.05) is 40.5 Å². The van der Waals surface area contributed by atoms with Crippen LogP contribution in [0.1, 0.15) is 53.4 Å². The minimum atomic E-state index is 0.275. The number of nitrogens with two attached hydrogens (primary N) is 1. The standard InChI is InChI=1S/C15H32N2/c1-12(2)10-17(5)15(11-16)8-6-7-14(9-15)13(3)4/h12-14H,6-11,16H2,1-5H3. The van der Waals surface area contributed by atoms with Crippen LogP contribution in [0.15, 0.2) is 0 Å². The van der Waals surface area contributed by atoms with Gasteiger partial charge in [0, 0.05) is 18.6 Å². The molecule has 2 atom stereocenters. The third kappa shape index (κ3) is 3.69. The van der Waals surface area contributed by atoms with Gasteiger partial charge in [0.1, 0.15) is 0 Å². The topological polar surface area (TPSA) is 29.3 Å². The summed E-state index contributed by atoms with van der Waals surface area (Å²) in [6.45, 7) is 11.3. The van der Waals surface area contributed by atoms with E-state index in [2.05, 4.69) is 39.6 Å². The SMILES string of the molecule is CC(C)CN(C)C1(CN)CCCC(C(C)C)C1. The van der Waals surface area contributed by atoms with Crippen molar-refractivity contribution >= 4 is 0 Å². The highest BCUT2D eigenvalue weighted by atomic mass is 15.2. The van der Waals surface area contributed by atoms with Crippen LogP contribution in [0.4, 0.5) is 0 Å². The van der Waals surface area contributed by atoms with E-state index >= 15 is 0 Å². The average molecular weight is 240 g/mol. The summed E-state index contributed by atoms with van der Waals surface area (Å²) < 4.78 is 0. The molecule has 0 saturated heterocycles. The van der Waals surface area contributed by atoms with E-state index in [4.69, 9.17) is 5.73 Å². The lowest BCUT2D eigenvalue weighted by atomic mass is 9.71. The van der Waals surface area contributed by atoms with E-state index in [0.29, 0.717) is 0 Å². The maximum Gasteiger partial charge on any atom is 0.0331 e. The molecule has 0 aromatic carbocycles. The number of rotatable bonds is 5. The molecule has 0 aliphatic heterocycles. The van der Waals surface area contributed by atoms with Crippen molar-refractivity contribution in [3.05, 3.63) is 0 Å². The summed E-state index contributed by atoms with van der Waals surface area (Å²) >= 11 is 0. The van der Waals surface area contributed by atoms with Crippen molar-refractivity contribution in [2.75, 3.05) is 20.1 Å². The molecule has 2 heteroatoms. The number of hydrogen-bond acceptors (Lipinski definition) is 2. The second-order valence-corrected chi connectivity index (χ2v) is 6.80. The average Bonchev–Trinajstić information content (AvgIpc) is 2.28. The van der Waals surface area contributed by atoms with E-state index in [0.717, 1.165) is 24.3 Å². The Morgan fingerprint density at radius 1 is 1.29 bits per heavy atom. The molecule has 17 heavy (non-hydrogen) atoms. The van der Waals surface area contributed by atoms with Crippen LogP contribution in [0.3, 0.4) is 0 Å². The molecule has 1 aliphatic rings. The van der Waals surface area contributed by atoms with Gasteiger partial charge in [0.2, 0.25) is 0 Å². The molecule has 0 bridgehead atoms. The van der Waals surface area contributed by atoms with E-state index in [1.807, 2.05) is 0 Å². The summed E-state index contributed by atoms with van der Waals surface area (Å²) in [4.78, 5) is 2.55. The fourth-order valence-corrected chi connectivity index (χ4v) is 3.38. The van der Waals surface area contributed by atoms with Crippen molar-refractivity contribution < 1.29 is 0 Å².